The second-order valence-corrected chi connectivity index (χ2v) is 5.32. The number of benzene rings is 2. The Balaban J connectivity index is 1.87. The number of aromatic hydroxyl groups is 1. The quantitative estimate of drug-likeness (QED) is 0.906. The van der Waals surface area contributed by atoms with E-state index in [-0.39, 0.29) is 18.1 Å². The molecule has 3 heteroatoms. The predicted octanol–water partition coefficient (Wildman–Crippen LogP) is 3.48. The summed E-state index contributed by atoms with van der Waals surface area (Å²) in [7, 11) is 2.07. The third-order valence-electron chi connectivity index (χ3n) is 4.03. The molecule has 0 bridgehead atoms. The van der Waals surface area contributed by atoms with E-state index in [0.717, 1.165) is 5.56 Å². The van der Waals surface area contributed by atoms with E-state index in [1.54, 1.807) is 12.1 Å². The molecule has 3 nitrogen and oxygen atoms in total. The van der Waals surface area contributed by atoms with Gasteiger partial charge in [0, 0.05) is 6.04 Å². The van der Waals surface area contributed by atoms with Crippen LogP contribution in [-0.2, 0) is 4.74 Å². The lowest BCUT2D eigenvalue weighted by Crippen LogP contribution is -2.27. The van der Waals surface area contributed by atoms with Crippen LogP contribution in [-0.4, -0.2) is 23.1 Å². The Labute approximate surface area is 119 Å². The van der Waals surface area contributed by atoms with Gasteiger partial charge in [-0.2, -0.15) is 0 Å². The van der Waals surface area contributed by atoms with Crippen molar-refractivity contribution < 1.29 is 9.84 Å². The maximum absolute atomic E-state index is 9.39. The fourth-order valence-electron chi connectivity index (χ4n) is 2.73. The molecule has 0 aliphatic carbocycles. The maximum atomic E-state index is 9.39. The van der Waals surface area contributed by atoms with Gasteiger partial charge in [0.1, 0.15) is 18.1 Å². The minimum Gasteiger partial charge on any atom is -0.508 e. The van der Waals surface area contributed by atoms with E-state index in [2.05, 4.69) is 31.0 Å². The van der Waals surface area contributed by atoms with E-state index in [0.29, 0.717) is 6.04 Å². The van der Waals surface area contributed by atoms with E-state index in [4.69, 9.17) is 4.74 Å². The highest BCUT2D eigenvalue weighted by Gasteiger charge is 2.38. The number of nitrogens with zero attached hydrogens (tertiary/aromatic N) is 1. The zero-order valence-electron chi connectivity index (χ0n) is 11.7. The first-order valence-electron chi connectivity index (χ1n) is 6.88. The highest BCUT2D eigenvalue weighted by Crippen LogP contribution is 2.41. The van der Waals surface area contributed by atoms with E-state index in [1.807, 2.05) is 30.3 Å². The van der Waals surface area contributed by atoms with Gasteiger partial charge < -0.3 is 9.84 Å². The summed E-state index contributed by atoms with van der Waals surface area (Å²) in [6, 6.07) is 17.8. The maximum Gasteiger partial charge on any atom is 0.137 e. The molecule has 1 aliphatic rings. The Morgan fingerprint density at radius 3 is 2.25 bits per heavy atom. The van der Waals surface area contributed by atoms with Crippen molar-refractivity contribution in [1.82, 2.24) is 4.90 Å². The van der Waals surface area contributed by atoms with Crippen molar-refractivity contribution in [2.24, 2.45) is 0 Å². The number of ether oxygens (including phenoxy) is 1. The molecule has 0 aromatic heterocycles. The number of hydrogen-bond acceptors (Lipinski definition) is 3. The van der Waals surface area contributed by atoms with Gasteiger partial charge in [-0.15, -0.1) is 0 Å². The van der Waals surface area contributed by atoms with Crippen LogP contribution in [0.3, 0.4) is 0 Å². The van der Waals surface area contributed by atoms with Crippen molar-refractivity contribution in [1.29, 1.82) is 0 Å². The lowest BCUT2D eigenvalue weighted by molar-refractivity contribution is 0.00558. The summed E-state index contributed by atoms with van der Waals surface area (Å²) in [5.41, 5.74) is 2.27. The van der Waals surface area contributed by atoms with Gasteiger partial charge in [-0.1, -0.05) is 42.5 Å². The fraction of sp³-hybridized carbons (Fsp3) is 0.294. The molecule has 1 fully saturated rings. The van der Waals surface area contributed by atoms with Gasteiger partial charge in [0.2, 0.25) is 0 Å². The summed E-state index contributed by atoms with van der Waals surface area (Å²) in [6.07, 6.45) is -0.00388. The molecular weight excluding hydrogens is 250 g/mol. The van der Waals surface area contributed by atoms with Crippen molar-refractivity contribution in [2.45, 2.75) is 25.3 Å². The third kappa shape index (κ3) is 2.30. The molecule has 104 valence electrons. The molecule has 2 aromatic carbocycles. The zero-order valence-corrected chi connectivity index (χ0v) is 11.7. The highest BCUT2D eigenvalue weighted by molar-refractivity contribution is 5.28. The van der Waals surface area contributed by atoms with Crippen LogP contribution in [0, 0.1) is 0 Å². The van der Waals surface area contributed by atoms with Crippen LogP contribution in [0.4, 0.5) is 0 Å². The first kappa shape index (κ1) is 13.2. The standard InChI is InChI=1S/C17H19NO2/c1-12-16(13-6-4-3-5-7-13)20-17(18(12)2)14-8-10-15(19)11-9-14/h3-12,16-17,19H,1-2H3/t12-,16+,17-/m0/s1. The Kier molecular flexibility index (Phi) is 3.47. The first-order valence-corrected chi connectivity index (χ1v) is 6.88. The van der Waals surface area contributed by atoms with Crippen LogP contribution in [0.1, 0.15) is 30.4 Å². The Bertz CT molecular complexity index is 567. The molecule has 1 N–H and O–H groups in total. The molecule has 0 radical (unpaired) electrons. The molecule has 3 rings (SSSR count). The summed E-state index contributed by atoms with van der Waals surface area (Å²) in [6.45, 7) is 2.18. The minimum atomic E-state index is -0.0733. The number of hydrogen-bond donors (Lipinski definition) is 1. The molecular formula is C17H19NO2. The molecule has 2 aromatic rings. The summed E-state index contributed by atoms with van der Waals surface area (Å²) in [5.74, 6) is 0.280. The highest BCUT2D eigenvalue weighted by atomic mass is 16.5. The molecule has 1 heterocycles. The smallest absolute Gasteiger partial charge is 0.137 e. The van der Waals surface area contributed by atoms with Crippen molar-refractivity contribution >= 4 is 0 Å². The van der Waals surface area contributed by atoms with Gasteiger partial charge in [-0.3, -0.25) is 4.90 Å². The second kappa shape index (κ2) is 5.27. The minimum absolute atomic E-state index is 0.0694. The van der Waals surface area contributed by atoms with Gasteiger partial charge in [-0.25, -0.2) is 0 Å². The van der Waals surface area contributed by atoms with E-state index >= 15 is 0 Å². The van der Waals surface area contributed by atoms with Crippen molar-refractivity contribution in [3.05, 3.63) is 65.7 Å². The lowest BCUT2D eigenvalue weighted by atomic mass is 10.0. The fourth-order valence-corrected chi connectivity index (χ4v) is 2.73. The summed E-state index contributed by atoms with van der Waals surface area (Å²) >= 11 is 0. The molecule has 0 unspecified atom stereocenters. The molecule has 0 saturated carbocycles. The summed E-state index contributed by atoms with van der Waals surface area (Å²) < 4.78 is 6.24. The molecule has 0 spiro atoms. The first-order chi connectivity index (χ1) is 9.66. The van der Waals surface area contributed by atoms with Gasteiger partial charge in [-0.05, 0) is 37.2 Å². The van der Waals surface area contributed by atoms with Crippen molar-refractivity contribution in [3.8, 4) is 5.75 Å². The summed E-state index contributed by atoms with van der Waals surface area (Å²) in [4.78, 5) is 2.23. The monoisotopic (exact) mass is 269 g/mol. The third-order valence-corrected chi connectivity index (χ3v) is 4.03. The van der Waals surface area contributed by atoms with Gasteiger partial charge in [0.15, 0.2) is 0 Å². The normalized spacial score (nSPS) is 26.8. The second-order valence-electron chi connectivity index (χ2n) is 5.32. The molecule has 3 atom stereocenters. The predicted molar refractivity (Wildman–Crippen MR) is 78.3 cm³/mol. The molecule has 1 aliphatic heterocycles. The van der Waals surface area contributed by atoms with Crippen LogP contribution in [0.25, 0.3) is 0 Å². The number of rotatable bonds is 2. The lowest BCUT2D eigenvalue weighted by Gasteiger charge is -2.21. The average molecular weight is 269 g/mol. The molecule has 20 heavy (non-hydrogen) atoms. The number of phenolic OH excluding ortho intramolecular Hbond substituents is 1. The van der Waals surface area contributed by atoms with Gasteiger partial charge >= 0.3 is 0 Å². The summed E-state index contributed by atoms with van der Waals surface area (Å²) in [5, 5.41) is 9.39. The molecule has 1 saturated heterocycles. The largest absolute Gasteiger partial charge is 0.508 e. The van der Waals surface area contributed by atoms with E-state index < -0.39 is 0 Å². The van der Waals surface area contributed by atoms with Crippen LogP contribution in [0.15, 0.2) is 54.6 Å². The van der Waals surface area contributed by atoms with Crippen LogP contribution in [0.2, 0.25) is 0 Å². The number of phenols is 1. The van der Waals surface area contributed by atoms with Crippen LogP contribution >= 0.6 is 0 Å². The van der Waals surface area contributed by atoms with Gasteiger partial charge in [0.05, 0.1) is 0 Å². The molecule has 0 amide bonds. The van der Waals surface area contributed by atoms with Crippen LogP contribution in [0.5, 0.6) is 5.75 Å². The Morgan fingerprint density at radius 2 is 1.60 bits per heavy atom. The van der Waals surface area contributed by atoms with Crippen molar-refractivity contribution in [3.63, 3.8) is 0 Å². The SMILES string of the molecule is C[C@H]1[C@H](c2ccccc2)O[C@@H](c2ccc(O)cc2)N1C. The van der Waals surface area contributed by atoms with E-state index in [9.17, 15) is 5.11 Å². The van der Waals surface area contributed by atoms with Crippen molar-refractivity contribution in [2.75, 3.05) is 7.05 Å². The Hall–Kier alpha value is -1.84. The Morgan fingerprint density at radius 1 is 0.950 bits per heavy atom. The topological polar surface area (TPSA) is 32.7 Å². The average Bonchev–Trinajstić information content (AvgIpc) is 2.77. The van der Waals surface area contributed by atoms with Gasteiger partial charge in [0.25, 0.3) is 0 Å². The number of likely N-dealkylation sites (N-methyl/N-ethyl adjacent to an activating group) is 1. The van der Waals surface area contributed by atoms with E-state index in [1.165, 1.54) is 5.56 Å². The van der Waals surface area contributed by atoms with Crippen LogP contribution < -0.4 is 0 Å². The zero-order chi connectivity index (χ0) is 14.1.